The summed E-state index contributed by atoms with van der Waals surface area (Å²) < 4.78 is 75.9. The number of aromatic amines is 2. The molecule has 0 saturated carbocycles. The second-order valence-corrected chi connectivity index (χ2v) is 24.2. The Balaban J connectivity index is 0. The first-order valence-electron chi connectivity index (χ1n) is 39.5. The summed E-state index contributed by atoms with van der Waals surface area (Å²) >= 11 is 5.49. The van der Waals surface area contributed by atoms with E-state index in [1.54, 1.807) is 103 Å². The van der Waals surface area contributed by atoms with Crippen LogP contribution in [0.5, 0.6) is 72.1 Å². The number of benzene rings is 4. The number of nitrogens with zero attached hydrogens (tertiary/aromatic N) is 16. The van der Waals surface area contributed by atoms with Crippen LogP contribution in [0.4, 0.5) is 11.9 Å². The van der Waals surface area contributed by atoms with Gasteiger partial charge in [-0.1, -0.05) is 140 Å². The van der Waals surface area contributed by atoms with Gasteiger partial charge in [0, 0.05) is 48.7 Å². The molecule has 129 heavy (non-hydrogen) atoms. The summed E-state index contributed by atoms with van der Waals surface area (Å²) in [5, 5.41) is 15.5. The van der Waals surface area contributed by atoms with Crippen molar-refractivity contribution in [2.75, 3.05) is 184 Å². The number of aromatic nitrogens is 15. The zero-order valence-electron chi connectivity index (χ0n) is 76.5. The molecule has 3 aliphatic heterocycles. The number of amides is 3. The smallest absolute Gasteiger partial charge is 0.480 e. The summed E-state index contributed by atoms with van der Waals surface area (Å²) in [6.45, 7) is 25.8. The molecule has 5 aromatic heterocycles. The molecular formula is C82H123Cl3N21O23+7. The molecule has 4 aromatic carbocycles. The number of nitrogens with one attached hydrogen (secondary N) is 5. The van der Waals surface area contributed by atoms with Crippen LogP contribution in [-0.2, 0) is 28.6 Å². The summed E-state index contributed by atoms with van der Waals surface area (Å²) in [4.78, 5) is 137. The molecule has 47 heteroatoms. The lowest BCUT2D eigenvalue weighted by Crippen LogP contribution is -2.54. The Morgan fingerprint density at radius 3 is 0.930 bits per heavy atom. The molecule has 3 amide bonds. The number of carboxylic acid groups (broad SMARTS) is 1. The minimum absolute atomic E-state index is 0. The molecule has 0 unspecified atom stereocenters. The summed E-state index contributed by atoms with van der Waals surface area (Å²) in [5.74, 6) is -2.37. The molecular weight excluding hydrogens is 1750 g/mol. The maximum atomic E-state index is 11.8. The number of aliphatic carboxylic acids is 1. The zero-order chi connectivity index (χ0) is 94.8. The van der Waals surface area contributed by atoms with Crippen molar-refractivity contribution in [2.24, 2.45) is 0 Å². The average molecular weight is 1880 g/mol. The summed E-state index contributed by atoms with van der Waals surface area (Å²) in [6.07, 6.45) is 0.833. The van der Waals surface area contributed by atoms with Gasteiger partial charge in [0.1, 0.15) is 58.7 Å². The highest BCUT2D eigenvalue weighted by Gasteiger charge is 2.35. The van der Waals surface area contributed by atoms with Gasteiger partial charge < -0.3 is 87.4 Å². The minimum Gasteiger partial charge on any atom is -0.480 e. The fourth-order valence-corrected chi connectivity index (χ4v) is 9.11. The van der Waals surface area contributed by atoms with E-state index in [9.17, 15) is 33.6 Å². The lowest BCUT2D eigenvalue weighted by atomic mass is 10.2. The number of quaternary nitrogens is 2. The predicted molar refractivity (Wildman–Crippen MR) is 470 cm³/mol. The molecule has 6 N–H and O–H groups in total. The molecule has 0 spiro atoms. The highest BCUT2D eigenvalue weighted by atomic mass is 35.5. The van der Waals surface area contributed by atoms with Gasteiger partial charge in [-0.15, -0.1) is 34.9 Å². The van der Waals surface area contributed by atoms with Gasteiger partial charge in [0.05, 0.1) is 136 Å². The first-order chi connectivity index (χ1) is 61.4. The van der Waals surface area contributed by atoms with Crippen molar-refractivity contribution in [1.82, 2.24) is 94.6 Å². The number of hydrogen-bond acceptors (Lipinski definition) is 36. The number of H-pyrrole nitrogens is 2. The molecule has 0 radical (unpaired) electrons. The molecule has 8 heterocycles. The number of methoxy groups -OCH3 is 10. The zero-order valence-corrected chi connectivity index (χ0v) is 79.0. The lowest BCUT2D eigenvalue weighted by Gasteiger charge is -2.34. The number of esters is 2. The van der Waals surface area contributed by atoms with Crippen molar-refractivity contribution in [2.45, 2.75) is 55.4 Å². The molecule has 708 valence electrons. The van der Waals surface area contributed by atoms with Crippen LogP contribution < -0.4 is 91.7 Å². The Labute approximate surface area is 768 Å². The van der Waals surface area contributed by atoms with Crippen LogP contribution in [0.2, 0.25) is 5.28 Å². The van der Waals surface area contributed by atoms with E-state index >= 15 is 0 Å². The monoisotopic (exact) mass is 1870 g/mol. The van der Waals surface area contributed by atoms with Gasteiger partial charge in [0.15, 0.2) is 6.54 Å². The van der Waals surface area contributed by atoms with Gasteiger partial charge in [0.2, 0.25) is 11.9 Å². The van der Waals surface area contributed by atoms with Gasteiger partial charge in [-0.25, -0.2) is 9.59 Å². The maximum Gasteiger partial charge on any atom is 0.486 e. The van der Waals surface area contributed by atoms with Crippen LogP contribution in [0.15, 0.2) is 121 Å². The first kappa shape index (κ1) is 118. The van der Waals surface area contributed by atoms with E-state index in [2.05, 4.69) is 117 Å². The Morgan fingerprint density at radius 1 is 0.419 bits per heavy atom. The molecule has 44 nitrogen and oxygen atoms in total. The van der Waals surface area contributed by atoms with Crippen molar-refractivity contribution in [3.05, 3.63) is 155 Å². The van der Waals surface area contributed by atoms with E-state index in [4.69, 9.17) is 87.8 Å². The average Bonchev–Trinajstić information content (AvgIpc) is 0.805. The standard InChI is InChI=1S/2C14H14N4O5.2C10H17N4O3.C9H9NO3.C7H6O.C5H6ClN3O2.C5H10NO.4C2H6.2ClH2/c2*1-21-12-16-13(22-2)18-14(17-12)23-10(19)8-15-11(20)9-6-4-3-5-7-9;2*1-14(4-6-17-7-5-14)8-11-9(15-2)13-10(12-8)16-3;11-8(12)6-10-9(13)7-4-2-1-3-5-7;8-6-7-4-2-1-3-5-7;1-10-4-7-3(6)8-5(9-4)11-2;1-6-2-4-7-5-3-6;4*1-2;;/h2*3-7H,8H2,1-2H3,(H,15,20);2*4-7H2,1-3H3;1-5H,6H2,(H,10,13)(H,11,12);1-6H;1-2H3;4H,2-3,5H2,1H3;4*1-2H3;2*1H2/q;;2*+1;;;;+1;;;;;2*+1/p+2. The number of carbonyl (C=O) groups is 7. The number of rotatable bonds is 24. The Bertz CT molecular complexity index is 4290. The molecule has 3 saturated heterocycles. The van der Waals surface area contributed by atoms with Crippen LogP contribution in [-0.4, -0.2) is 301 Å². The van der Waals surface area contributed by atoms with Crippen molar-refractivity contribution in [3.63, 3.8) is 0 Å². The molecule has 12 rings (SSSR count). The third-order valence-electron chi connectivity index (χ3n) is 15.4. The lowest BCUT2D eigenvalue weighted by molar-refractivity contribution is -0.417. The summed E-state index contributed by atoms with van der Waals surface area (Å²) in [7, 11) is 20.7. The fourth-order valence-electron chi connectivity index (χ4n) is 8.97. The molecule has 9 aromatic rings. The van der Waals surface area contributed by atoms with Crippen molar-refractivity contribution < 1.29 is 145 Å². The van der Waals surface area contributed by atoms with E-state index in [0.29, 0.717) is 64.0 Å². The van der Waals surface area contributed by atoms with E-state index in [1.807, 2.05) is 80.2 Å². The van der Waals surface area contributed by atoms with Crippen LogP contribution in [0.3, 0.4) is 0 Å². The molecule has 0 atom stereocenters. The maximum absolute atomic E-state index is 11.8. The van der Waals surface area contributed by atoms with Crippen LogP contribution in [0, 0.1) is 31.4 Å². The number of hydrogen-bond donors (Lipinski definition) is 4. The number of carbonyl (C=O) groups excluding carboxylic acids is 6. The highest BCUT2D eigenvalue weighted by molar-refractivity contribution is 6.28. The molecule has 0 bridgehead atoms. The van der Waals surface area contributed by atoms with Crippen LogP contribution in [0.1, 0.15) is 96.8 Å². The van der Waals surface area contributed by atoms with Crippen molar-refractivity contribution >= 4 is 65.4 Å². The van der Waals surface area contributed by atoms with Gasteiger partial charge in [-0.05, 0) is 55.0 Å². The third kappa shape index (κ3) is 47.3. The van der Waals surface area contributed by atoms with Gasteiger partial charge >= 0.3 is 102 Å². The SMILES string of the molecule is CC.CC.CC.CC.CN1C[CH+]OCC1.COc1nc(Cl)nc(OC)n1.COc1nc(OC(=O)CNC(=O)c2ccccc2)nc(OC)[nH+]1.COc1nc(OC(=O)CNC(=O)c2ccccc2)nc(OC)[nH+]1.COc1nc(OC)nc([N+]2(C)CCOCC2)n1.COc1nc(OC)nc([N+]2(C)CCOCC2)n1.O=C(O)CNC(=O)c1ccccc1.O=Cc1ccccc1.[ClH2+].[ClH2+]. The van der Waals surface area contributed by atoms with E-state index < -0.39 is 17.9 Å². The number of carboxylic acids is 1. The van der Waals surface area contributed by atoms with Gasteiger partial charge in [-0.3, -0.25) is 37.8 Å². The summed E-state index contributed by atoms with van der Waals surface area (Å²) in [6, 6.07) is 35.7. The second kappa shape index (κ2) is 70.0. The van der Waals surface area contributed by atoms with E-state index in [-0.39, 0.29) is 140 Å². The fraction of sp³-hybridized carbons (Fsp3) is 0.427. The van der Waals surface area contributed by atoms with E-state index in [0.717, 1.165) is 57.7 Å². The van der Waals surface area contributed by atoms with Crippen molar-refractivity contribution in [1.29, 1.82) is 0 Å². The van der Waals surface area contributed by atoms with Crippen LogP contribution >= 0.6 is 11.6 Å². The minimum atomic E-state index is -1.05. The Morgan fingerprint density at radius 2 is 0.698 bits per heavy atom. The molecule has 3 aliphatic rings. The molecule has 3 fully saturated rings. The number of likely N-dealkylation sites (N-methyl/N-ethyl adjacent to an activating group) is 3. The number of halogens is 3. The third-order valence-corrected chi connectivity index (χ3v) is 15.6. The normalized spacial score (nSPS) is 12.2. The second-order valence-electron chi connectivity index (χ2n) is 23.8. The molecule has 0 aliphatic carbocycles. The highest BCUT2D eigenvalue weighted by Crippen LogP contribution is 2.24. The number of aldehydes is 1. The Kier molecular flexibility index (Phi) is 64.1. The predicted octanol–water partition coefficient (Wildman–Crippen LogP) is 4.69. The van der Waals surface area contributed by atoms with E-state index in [1.165, 1.54) is 71.1 Å². The number of ether oxygens (including phenoxy) is 15. The van der Waals surface area contributed by atoms with Gasteiger partial charge in [-0.2, -0.15) is 24.7 Å². The van der Waals surface area contributed by atoms with Crippen molar-refractivity contribution in [3.8, 4) is 72.1 Å². The Hall–Kier alpha value is -13.1. The summed E-state index contributed by atoms with van der Waals surface area (Å²) in [5.41, 5.74) is 2.07. The number of morpholine rings is 3. The first-order valence-corrected chi connectivity index (χ1v) is 39.8. The largest absolute Gasteiger partial charge is 0.486 e. The van der Waals surface area contributed by atoms with Gasteiger partial charge in [0.25, 0.3) is 17.7 Å². The topological polar surface area (TPSA) is 513 Å². The van der Waals surface area contributed by atoms with Crippen LogP contribution in [0.25, 0.3) is 0 Å². The quantitative estimate of drug-likeness (QED) is 0.0276.